The molecule has 2 N–H and O–H groups in total. The number of nitrogens with zero attached hydrogens (tertiary/aromatic N) is 4. The summed E-state index contributed by atoms with van der Waals surface area (Å²) in [4.78, 5) is 29.7. The average molecular weight is 554 g/mol. The van der Waals surface area contributed by atoms with E-state index in [1.165, 1.54) is 6.42 Å². The van der Waals surface area contributed by atoms with Gasteiger partial charge in [-0.15, -0.1) is 0 Å². The van der Waals surface area contributed by atoms with Crippen LogP contribution in [0.3, 0.4) is 0 Å². The Morgan fingerprint density at radius 1 is 0.976 bits per heavy atom. The predicted octanol–water partition coefficient (Wildman–Crippen LogP) is 4.48. The number of amides is 1. The Labute approximate surface area is 239 Å². The van der Waals surface area contributed by atoms with Gasteiger partial charge >= 0.3 is 0 Å². The number of hydrogen-bond donors (Lipinski definition) is 2. The van der Waals surface area contributed by atoms with Crippen molar-refractivity contribution in [1.82, 2.24) is 20.3 Å². The molecule has 0 saturated carbocycles. The van der Waals surface area contributed by atoms with E-state index in [1.807, 2.05) is 30.3 Å². The van der Waals surface area contributed by atoms with E-state index in [9.17, 15) is 9.90 Å². The first-order chi connectivity index (χ1) is 19.9. The number of aliphatic hydroxyl groups excluding tert-OH is 1. The van der Waals surface area contributed by atoms with Crippen LogP contribution in [0.15, 0.2) is 60.8 Å². The second kappa shape index (κ2) is 11.7. The second-order valence-corrected chi connectivity index (χ2v) is 11.3. The molecule has 9 nitrogen and oxygen atoms in total. The van der Waals surface area contributed by atoms with Gasteiger partial charge in [0, 0.05) is 30.2 Å². The Kier molecular flexibility index (Phi) is 7.69. The van der Waals surface area contributed by atoms with Crippen molar-refractivity contribution in [1.29, 1.82) is 0 Å². The summed E-state index contributed by atoms with van der Waals surface area (Å²) in [5.74, 6) is 3.00. The lowest BCUT2D eigenvalue weighted by atomic mass is 9.92. The lowest BCUT2D eigenvalue weighted by molar-refractivity contribution is 0.0949. The molecule has 5 heterocycles. The number of hydrogen-bond acceptors (Lipinski definition) is 8. The van der Waals surface area contributed by atoms with Crippen molar-refractivity contribution in [2.75, 3.05) is 37.8 Å². The van der Waals surface area contributed by atoms with Crippen LogP contribution in [0.4, 0.5) is 5.82 Å². The summed E-state index contributed by atoms with van der Waals surface area (Å²) in [5, 5.41) is 13.2. The molecule has 1 fully saturated rings. The van der Waals surface area contributed by atoms with E-state index >= 15 is 0 Å². The van der Waals surface area contributed by atoms with Crippen LogP contribution in [-0.2, 0) is 6.54 Å². The number of pyridine rings is 3. The predicted molar refractivity (Wildman–Crippen MR) is 157 cm³/mol. The first kappa shape index (κ1) is 27.0. The third-order valence-corrected chi connectivity index (χ3v) is 7.66. The summed E-state index contributed by atoms with van der Waals surface area (Å²) in [6.45, 7) is 7.58. The lowest BCUT2D eigenvalue weighted by Gasteiger charge is -2.35. The van der Waals surface area contributed by atoms with E-state index in [2.05, 4.69) is 35.1 Å². The molecule has 2 aliphatic rings. The minimum atomic E-state index is -0.245. The molecule has 1 amide bonds. The number of carbonyl (C=O) groups excluding carboxylic acids is 1. The number of carbonyl (C=O) groups is 1. The van der Waals surface area contributed by atoms with Crippen LogP contribution in [0.5, 0.6) is 11.5 Å². The van der Waals surface area contributed by atoms with E-state index < -0.39 is 0 Å². The molecule has 0 bridgehead atoms. The number of ether oxygens (including phenoxy) is 2. The number of fused-ring (bicyclic) bond motifs is 2. The second-order valence-electron chi connectivity index (χ2n) is 11.3. The number of piperidine rings is 1. The third kappa shape index (κ3) is 6.10. The number of aromatic nitrogens is 3. The smallest absolute Gasteiger partial charge is 0.251 e. The van der Waals surface area contributed by atoms with Crippen molar-refractivity contribution in [3.63, 3.8) is 0 Å². The van der Waals surface area contributed by atoms with Crippen molar-refractivity contribution in [2.45, 2.75) is 26.8 Å². The number of aliphatic hydroxyl groups is 1. The van der Waals surface area contributed by atoms with Gasteiger partial charge in [-0.2, -0.15) is 0 Å². The Balaban J connectivity index is 1.16. The van der Waals surface area contributed by atoms with Crippen LogP contribution in [0.1, 0.15) is 36.3 Å². The SMILES string of the molecule is C[C@@H]1C[C@H](C)CN(c2cccc(-c3ccc4cnc(CNC(=O)c5ccc6c(c5)OCC(CO)CO6)cc4n3)n2)C1. The van der Waals surface area contributed by atoms with Gasteiger partial charge in [0.25, 0.3) is 5.91 Å². The van der Waals surface area contributed by atoms with Crippen molar-refractivity contribution in [3.8, 4) is 22.9 Å². The van der Waals surface area contributed by atoms with Crippen LogP contribution in [-0.4, -0.2) is 58.9 Å². The summed E-state index contributed by atoms with van der Waals surface area (Å²) >= 11 is 0. The number of nitrogens with one attached hydrogen (secondary N) is 1. The summed E-state index contributed by atoms with van der Waals surface area (Å²) in [6.07, 6.45) is 3.03. The molecule has 0 spiro atoms. The highest BCUT2D eigenvalue weighted by Crippen LogP contribution is 2.31. The maximum Gasteiger partial charge on any atom is 0.251 e. The normalized spacial score (nSPS) is 20.5. The highest BCUT2D eigenvalue weighted by molar-refractivity contribution is 5.95. The zero-order valence-corrected chi connectivity index (χ0v) is 23.4. The fourth-order valence-electron chi connectivity index (χ4n) is 5.61. The van der Waals surface area contributed by atoms with E-state index in [4.69, 9.17) is 19.4 Å². The minimum Gasteiger partial charge on any atom is -0.489 e. The Morgan fingerprint density at radius 3 is 2.56 bits per heavy atom. The maximum atomic E-state index is 12.9. The molecule has 0 radical (unpaired) electrons. The molecule has 1 saturated heterocycles. The molecule has 0 aliphatic carbocycles. The molecule has 2 aliphatic heterocycles. The summed E-state index contributed by atoms with van der Waals surface area (Å²) in [6, 6.07) is 17.1. The third-order valence-electron chi connectivity index (χ3n) is 7.66. The highest BCUT2D eigenvalue weighted by atomic mass is 16.5. The Morgan fingerprint density at radius 2 is 1.76 bits per heavy atom. The van der Waals surface area contributed by atoms with E-state index in [1.54, 1.807) is 24.4 Å². The van der Waals surface area contributed by atoms with Gasteiger partial charge in [-0.1, -0.05) is 19.9 Å². The van der Waals surface area contributed by atoms with Crippen LogP contribution >= 0.6 is 0 Å². The van der Waals surface area contributed by atoms with Crippen molar-refractivity contribution >= 4 is 22.6 Å². The van der Waals surface area contributed by atoms with Crippen molar-refractivity contribution in [3.05, 3.63) is 72.1 Å². The van der Waals surface area contributed by atoms with Crippen LogP contribution in [0.2, 0.25) is 0 Å². The summed E-state index contributed by atoms with van der Waals surface area (Å²) in [7, 11) is 0. The topological polar surface area (TPSA) is 110 Å². The molecule has 3 aromatic heterocycles. The van der Waals surface area contributed by atoms with E-state index in [0.29, 0.717) is 47.8 Å². The molecular formula is C32H35N5O4. The van der Waals surface area contributed by atoms with Gasteiger partial charge in [-0.25, -0.2) is 9.97 Å². The molecule has 6 rings (SSSR count). The maximum absolute atomic E-state index is 12.9. The summed E-state index contributed by atoms with van der Waals surface area (Å²) in [5.41, 5.74) is 3.59. The van der Waals surface area contributed by atoms with Crippen molar-refractivity contribution in [2.24, 2.45) is 17.8 Å². The monoisotopic (exact) mass is 553 g/mol. The molecule has 4 aromatic rings. The van der Waals surface area contributed by atoms with E-state index in [0.717, 1.165) is 41.2 Å². The zero-order valence-electron chi connectivity index (χ0n) is 23.4. The minimum absolute atomic E-state index is 0.0172. The van der Waals surface area contributed by atoms with Gasteiger partial charge in [0.2, 0.25) is 0 Å². The molecular weight excluding hydrogens is 518 g/mol. The first-order valence-electron chi connectivity index (χ1n) is 14.2. The fraction of sp³-hybridized carbons (Fsp3) is 0.375. The van der Waals surface area contributed by atoms with Gasteiger partial charge in [0.1, 0.15) is 5.82 Å². The van der Waals surface area contributed by atoms with E-state index in [-0.39, 0.29) is 25.0 Å². The van der Waals surface area contributed by atoms with Crippen molar-refractivity contribution < 1.29 is 19.4 Å². The molecule has 1 unspecified atom stereocenters. The Bertz CT molecular complexity index is 1550. The molecule has 9 heteroatoms. The Hall–Kier alpha value is -4.24. The average Bonchev–Trinajstić information content (AvgIpc) is 3.21. The first-order valence-corrected chi connectivity index (χ1v) is 14.2. The molecule has 212 valence electrons. The molecule has 41 heavy (non-hydrogen) atoms. The van der Waals surface area contributed by atoms with Crippen LogP contribution < -0.4 is 19.7 Å². The number of benzene rings is 1. The fourth-order valence-corrected chi connectivity index (χ4v) is 5.61. The van der Waals surface area contributed by atoms with Crippen LogP contribution in [0.25, 0.3) is 22.3 Å². The quantitative estimate of drug-likeness (QED) is 0.360. The molecule has 1 aromatic carbocycles. The van der Waals surface area contributed by atoms with Crippen LogP contribution in [0, 0.1) is 17.8 Å². The van der Waals surface area contributed by atoms with Gasteiger partial charge < -0.3 is 24.8 Å². The van der Waals surface area contributed by atoms with Gasteiger partial charge in [0.15, 0.2) is 11.5 Å². The van der Waals surface area contributed by atoms with Gasteiger partial charge in [-0.3, -0.25) is 9.78 Å². The zero-order chi connectivity index (χ0) is 28.3. The number of rotatable bonds is 6. The summed E-state index contributed by atoms with van der Waals surface area (Å²) < 4.78 is 11.5. The lowest BCUT2D eigenvalue weighted by Crippen LogP contribution is -2.39. The van der Waals surface area contributed by atoms with Gasteiger partial charge in [-0.05, 0) is 66.8 Å². The number of anilines is 1. The van der Waals surface area contributed by atoms with Gasteiger partial charge in [0.05, 0.1) is 54.9 Å². The standard InChI is InChI=1S/C32H35N5O4/c1-20-10-21(2)16-37(15-20)31-5-3-4-26(36-31)27-8-6-24-13-33-25(12-28(24)35-27)14-34-32(39)23-7-9-29-30(11-23)41-19-22(17-38)18-40-29/h3-9,11-13,20-22,38H,10,14-19H2,1-2H3,(H,34,39)/t20-,21+,22?. The molecule has 3 atom stereocenters. The highest BCUT2D eigenvalue weighted by Gasteiger charge is 2.23. The largest absolute Gasteiger partial charge is 0.489 e.